The van der Waals surface area contributed by atoms with Crippen molar-refractivity contribution in [1.82, 2.24) is 4.31 Å². The summed E-state index contributed by atoms with van der Waals surface area (Å²) in [6.45, 7) is 4.17. The van der Waals surface area contributed by atoms with Crippen molar-refractivity contribution in [1.29, 1.82) is 0 Å². The van der Waals surface area contributed by atoms with E-state index in [1.54, 1.807) is 44.2 Å². The number of carboxylic acid groups (broad SMARTS) is 1. The van der Waals surface area contributed by atoms with Crippen molar-refractivity contribution in [3.63, 3.8) is 0 Å². The number of nitrogens with two attached hydrogens (primary N) is 1. The second-order valence-electron chi connectivity index (χ2n) is 11.0. The minimum atomic E-state index is -4.14. The summed E-state index contributed by atoms with van der Waals surface area (Å²) in [6, 6.07) is 18.1. The van der Waals surface area contributed by atoms with Crippen LogP contribution in [0.3, 0.4) is 0 Å². The summed E-state index contributed by atoms with van der Waals surface area (Å²) in [5.74, 6) is -4.66. The van der Waals surface area contributed by atoms with E-state index < -0.39 is 63.5 Å². The van der Waals surface area contributed by atoms with E-state index in [2.05, 4.69) is 0 Å². The number of esters is 2. The van der Waals surface area contributed by atoms with E-state index in [1.807, 2.05) is 0 Å². The number of carboxylic acids is 1. The molecule has 2 atom stereocenters. The average Bonchev–Trinajstić information content (AvgIpc) is 2.96. The van der Waals surface area contributed by atoms with Crippen molar-refractivity contribution in [2.75, 3.05) is 13.1 Å². The molecule has 0 spiro atoms. The normalized spacial score (nSPS) is 16.6. The first-order valence-electron chi connectivity index (χ1n) is 13.8. The number of aliphatic carboxylic acids is 1. The topological polar surface area (TPSA) is 163 Å². The summed E-state index contributed by atoms with van der Waals surface area (Å²) < 4.78 is 58.5. The molecule has 0 aliphatic carbocycles. The monoisotopic (exact) mass is 662 g/mol. The summed E-state index contributed by atoms with van der Waals surface area (Å²) in [6.07, 6.45) is -2.04. The van der Waals surface area contributed by atoms with Gasteiger partial charge in [0.25, 0.3) is 0 Å². The number of halogens is 2. The summed E-state index contributed by atoms with van der Waals surface area (Å²) >= 11 is 5.93. The van der Waals surface area contributed by atoms with Gasteiger partial charge in [-0.05, 0) is 35.4 Å². The van der Waals surface area contributed by atoms with Crippen LogP contribution in [0.2, 0.25) is 5.02 Å². The fourth-order valence-corrected chi connectivity index (χ4v) is 6.39. The predicted octanol–water partition coefficient (Wildman–Crippen LogP) is 3.87. The molecule has 0 aromatic heterocycles. The van der Waals surface area contributed by atoms with E-state index in [9.17, 15) is 32.3 Å². The van der Waals surface area contributed by atoms with Crippen LogP contribution in [0.5, 0.6) is 5.75 Å². The minimum Gasteiger partial charge on any atom is -0.480 e. The van der Waals surface area contributed by atoms with Crippen molar-refractivity contribution in [3.05, 3.63) is 94.8 Å². The van der Waals surface area contributed by atoms with Gasteiger partial charge in [0.05, 0.1) is 28.9 Å². The number of carbonyl (C=O) groups is 3. The molecule has 4 rings (SSSR count). The Morgan fingerprint density at radius 1 is 1.02 bits per heavy atom. The van der Waals surface area contributed by atoms with Crippen LogP contribution >= 0.6 is 11.6 Å². The van der Waals surface area contributed by atoms with Crippen molar-refractivity contribution >= 4 is 39.5 Å². The lowest BCUT2D eigenvalue weighted by Gasteiger charge is -2.48. The molecule has 1 heterocycles. The molecule has 0 bridgehead atoms. The largest absolute Gasteiger partial charge is 0.480 e. The highest BCUT2D eigenvalue weighted by molar-refractivity contribution is 7.89. The van der Waals surface area contributed by atoms with Gasteiger partial charge >= 0.3 is 17.9 Å². The van der Waals surface area contributed by atoms with Gasteiger partial charge in [0, 0.05) is 19.4 Å². The van der Waals surface area contributed by atoms with Gasteiger partial charge in [-0.25, -0.2) is 22.4 Å². The first kappa shape index (κ1) is 33.8. The molecule has 45 heavy (non-hydrogen) atoms. The highest BCUT2D eigenvalue weighted by atomic mass is 35.5. The molecule has 1 aliphatic heterocycles. The van der Waals surface area contributed by atoms with Crippen molar-refractivity contribution < 1.29 is 46.5 Å². The summed E-state index contributed by atoms with van der Waals surface area (Å²) in [7, 11) is -4.14. The van der Waals surface area contributed by atoms with Crippen LogP contribution in [0.4, 0.5) is 4.39 Å². The lowest BCUT2D eigenvalue weighted by Crippen LogP contribution is -2.64. The molecule has 1 aliphatic rings. The van der Waals surface area contributed by atoms with Crippen molar-refractivity contribution in [2.24, 2.45) is 11.7 Å². The van der Waals surface area contributed by atoms with E-state index in [1.165, 1.54) is 47.6 Å². The lowest BCUT2D eigenvalue weighted by atomic mass is 9.87. The second-order valence-corrected chi connectivity index (χ2v) is 13.3. The maximum atomic E-state index is 13.7. The highest BCUT2D eigenvalue weighted by Gasteiger charge is 2.52. The number of sulfonamides is 1. The molecule has 0 amide bonds. The zero-order valence-electron chi connectivity index (χ0n) is 24.6. The summed E-state index contributed by atoms with van der Waals surface area (Å²) in [5.41, 5.74) is 3.06. The van der Waals surface area contributed by atoms with E-state index in [4.69, 9.17) is 31.5 Å². The molecular weight excluding hydrogens is 631 g/mol. The quantitative estimate of drug-likeness (QED) is 0.165. The van der Waals surface area contributed by atoms with Gasteiger partial charge in [-0.1, -0.05) is 67.9 Å². The Balaban J connectivity index is 1.54. The van der Waals surface area contributed by atoms with E-state index >= 15 is 0 Å². The van der Waals surface area contributed by atoms with E-state index in [-0.39, 0.29) is 34.3 Å². The maximum Gasteiger partial charge on any atom is 0.341 e. The van der Waals surface area contributed by atoms with E-state index in [0.29, 0.717) is 5.56 Å². The molecule has 1 fully saturated rings. The number of ether oxygens (including phenoxy) is 3. The van der Waals surface area contributed by atoms with Crippen molar-refractivity contribution in [3.8, 4) is 5.75 Å². The third-order valence-electron chi connectivity index (χ3n) is 7.16. The summed E-state index contributed by atoms with van der Waals surface area (Å²) in [4.78, 5) is 36.6. The van der Waals surface area contributed by atoms with Crippen LogP contribution in [0.25, 0.3) is 0 Å². The maximum absolute atomic E-state index is 13.7. The van der Waals surface area contributed by atoms with Gasteiger partial charge in [-0.3, -0.25) is 4.79 Å². The lowest BCUT2D eigenvalue weighted by molar-refractivity contribution is -0.192. The molecule has 14 heteroatoms. The van der Waals surface area contributed by atoms with Gasteiger partial charge in [0.1, 0.15) is 11.6 Å². The van der Waals surface area contributed by atoms with Crippen LogP contribution in [0.15, 0.2) is 77.7 Å². The SMILES string of the molecule is CC(OC(=O)C(C)C)OC(=O)C(N)(Cc1cccc(S(=O)(=O)N2CC(Oc3ccc(F)c(Cl)c3)(c3ccccc3)C2)c1)C(=O)O. The molecule has 0 radical (unpaired) electrons. The predicted molar refractivity (Wildman–Crippen MR) is 160 cm³/mol. The smallest absolute Gasteiger partial charge is 0.341 e. The van der Waals surface area contributed by atoms with Crippen LogP contribution in [-0.4, -0.2) is 60.7 Å². The van der Waals surface area contributed by atoms with E-state index in [0.717, 1.165) is 6.07 Å². The molecule has 3 aromatic carbocycles. The number of hydrogen-bond acceptors (Lipinski definition) is 9. The fourth-order valence-electron chi connectivity index (χ4n) is 4.61. The minimum absolute atomic E-state index is 0.103. The zero-order valence-corrected chi connectivity index (χ0v) is 26.2. The third-order valence-corrected chi connectivity index (χ3v) is 9.24. The Bertz CT molecular complexity index is 1700. The Labute approximate surface area is 264 Å². The molecular formula is C31H32ClFN2O9S. The number of hydrogen-bond donors (Lipinski definition) is 2. The van der Waals surface area contributed by atoms with Gasteiger partial charge in [-0.2, -0.15) is 4.31 Å². The zero-order chi connectivity index (χ0) is 33.2. The second kappa shape index (κ2) is 13.1. The number of rotatable bonds is 12. The van der Waals surface area contributed by atoms with Gasteiger partial charge in [0.15, 0.2) is 5.60 Å². The molecule has 3 aromatic rings. The molecule has 11 nitrogen and oxygen atoms in total. The van der Waals surface area contributed by atoms with Crippen molar-refractivity contribution in [2.45, 2.75) is 49.5 Å². The Morgan fingerprint density at radius 2 is 1.69 bits per heavy atom. The van der Waals surface area contributed by atoms with Crippen LogP contribution in [-0.2, 0) is 45.9 Å². The molecule has 0 saturated carbocycles. The van der Waals surface area contributed by atoms with Gasteiger partial charge < -0.3 is 25.1 Å². The number of benzene rings is 3. The first-order chi connectivity index (χ1) is 21.1. The average molecular weight is 663 g/mol. The summed E-state index contributed by atoms with van der Waals surface area (Å²) in [5, 5.41) is 9.68. The highest BCUT2D eigenvalue weighted by Crippen LogP contribution is 2.40. The Morgan fingerprint density at radius 3 is 2.29 bits per heavy atom. The van der Waals surface area contributed by atoms with Gasteiger partial charge in [0.2, 0.25) is 21.9 Å². The molecule has 240 valence electrons. The molecule has 1 saturated heterocycles. The number of nitrogens with zero attached hydrogens (tertiary/aromatic N) is 1. The third kappa shape index (κ3) is 7.28. The van der Waals surface area contributed by atoms with Gasteiger partial charge in [-0.15, -0.1) is 0 Å². The van der Waals surface area contributed by atoms with Crippen LogP contribution in [0, 0.1) is 11.7 Å². The molecule has 2 unspecified atom stereocenters. The first-order valence-corrected chi connectivity index (χ1v) is 15.6. The van der Waals surface area contributed by atoms with Crippen LogP contribution in [0.1, 0.15) is 31.9 Å². The standard InChI is InChI=1S/C31H32ClFN2O9S/c1-19(2)27(36)42-20(3)43-29(39)31(34,28(37)38)16-21-8-7-11-24(14-21)45(40,41)35-17-30(18-35,22-9-5-4-6-10-22)44-23-12-13-26(33)25(32)15-23/h4-15,19-20H,16-18,34H2,1-3H3,(H,37,38). The van der Waals surface area contributed by atoms with Crippen LogP contribution < -0.4 is 10.5 Å². The molecule has 3 N–H and O–H groups in total. The Kier molecular flexibility index (Phi) is 9.88. The fraction of sp³-hybridized carbons (Fsp3) is 0.323. The number of carbonyl (C=O) groups excluding carboxylic acids is 2. The Hall–Kier alpha value is -4.04.